The maximum absolute atomic E-state index is 5.25. The van der Waals surface area contributed by atoms with Crippen molar-refractivity contribution < 1.29 is 0 Å². The van der Waals surface area contributed by atoms with Crippen molar-refractivity contribution in [2.24, 2.45) is 9.98 Å². The summed E-state index contributed by atoms with van der Waals surface area (Å²) in [6.45, 7) is 4.77. The highest BCUT2D eigenvalue weighted by Gasteiger charge is 2.39. The average molecular weight is 682 g/mol. The zero-order chi connectivity index (χ0) is 35.5. The van der Waals surface area contributed by atoms with Crippen LogP contribution in [0.4, 0.5) is 0 Å². The van der Waals surface area contributed by atoms with Crippen LogP contribution < -0.4 is 5.32 Å². The summed E-state index contributed by atoms with van der Waals surface area (Å²) in [7, 11) is 0. The minimum absolute atomic E-state index is 0.237. The van der Waals surface area contributed by atoms with Crippen LogP contribution in [0.5, 0.6) is 0 Å². The number of fused-ring (bicyclic) bond motifs is 6. The number of allylic oxidation sites excluding steroid dienone is 1. The van der Waals surface area contributed by atoms with Crippen molar-refractivity contribution in [3.8, 4) is 33.4 Å². The second-order valence-electron chi connectivity index (χ2n) is 14.9. The van der Waals surface area contributed by atoms with Gasteiger partial charge >= 0.3 is 0 Å². The van der Waals surface area contributed by atoms with Crippen molar-refractivity contribution in [3.05, 3.63) is 197 Å². The third-order valence-electron chi connectivity index (χ3n) is 11.3. The Bertz CT molecular complexity index is 2650. The highest BCUT2D eigenvalue weighted by atomic mass is 15.2. The van der Waals surface area contributed by atoms with Crippen molar-refractivity contribution in [2.45, 2.75) is 38.3 Å². The second kappa shape index (κ2) is 12.4. The molecule has 2 aliphatic carbocycles. The molecule has 3 aliphatic rings. The van der Waals surface area contributed by atoms with Gasteiger partial charge in [0.1, 0.15) is 12.0 Å². The van der Waals surface area contributed by atoms with E-state index in [0.29, 0.717) is 0 Å². The van der Waals surface area contributed by atoms with Crippen molar-refractivity contribution in [1.82, 2.24) is 5.32 Å². The molecule has 0 aromatic heterocycles. The lowest BCUT2D eigenvalue weighted by Gasteiger charge is -2.25. The summed E-state index contributed by atoms with van der Waals surface area (Å²) in [6, 6.07) is 54.9. The molecule has 0 amide bonds. The van der Waals surface area contributed by atoms with Gasteiger partial charge in [-0.15, -0.1) is 0 Å². The van der Waals surface area contributed by atoms with E-state index < -0.39 is 0 Å². The van der Waals surface area contributed by atoms with E-state index in [1.54, 1.807) is 0 Å². The van der Waals surface area contributed by atoms with Gasteiger partial charge in [0, 0.05) is 16.5 Å². The van der Waals surface area contributed by atoms with Gasteiger partial charge in [-0.1, -0.05) is 166 Å². The first kappa shape index (κ1) is 31.4. The third kappa shape index (κ3) is 5.35. The van der Waals surface area contributed by atoms with Crippen molar-refractivity contribution >= 4 is 28.5 Å². The summed E-state index contributed by atoms with van der Waals surface area (Å²) in [4.78, 5) is 10.5. The lowest BCUT2D eigenvalue weighted by molar-refractivity contribution is 0.665. The first-order chi connectivity index (χ1) is 26.0. The molecule has 0 spiro atoms. The molecule has 7 aromatic carbocycles. The van der Waals surface area contributed by atoms with E-state index in [0.717, 1.165) is 41.2 Å². The summed E-state index contributed by atoms with van der Waals surface area (Å²) in [6.07, 6.45) is 6.48. The number of hydrogen-bond donors (Lipinski definition) is 1. The standard InChI is InChI=1S/C50H39N3/c1-50(2)44-31-40(49-52-47(35-16-7-4-8-17-35)51-48(53-49)36-24-21-34(22-25-36)32-13-5-3-6-14-32)27-28-42(44)45-43(30-38-19-11-12-20-41(38)46(45)50)39-26-23-33-15-9-10-18-37(33)29-39/h3-9,11-17,19-31,47H,10,18H2,1-2H3,(H,51,52,53). The van der Waals surface area contributed by atoms with Crippen LogP contribution >= 0.6 is 0 Å². The highest BCUT2D eigenvalue weighted by molar-refractivity contribution is 6.14. The minimum atomic E-state index is -0.264. The van der Waals surface area contributed by atoms with Crippen LogP contribution in [0.25, 0.3) is 50.2 Å². The highest BCUT2D eigenvalue weighted by Crippen LogP contribution is 2.55. The van der Waals surface area contributed by atoms with Crippen LogP contribution in [0.1, 0.15) is 65.4 Å². The fraction of sp³-hybridized carbons (Fsp3) is 0.120. The van der Waals surface area contributed by atoms with E-state index in [2.05, 4.69) is 177 Å². The largest absolute Gasteiger partial charge is 0.344 e. The molecule has 1 aliphatic heterocycles. The van der Waals surface area contributed by atoms with E-state index in [-0.39, 0.29) is 11.6 Å². The van der Waals surface area contributed by atoms with Crippen molar-refractivity contribution in [2.75, 3.05) is 0 Å². The Morgan fingerprint density at radius 2 is 1.32 bits per heavy atom. The molecule has 7 aromatic rings. The number of aryl methyl sites for hydroxylation is 1. The van der Waals surface area contributed by atoms with Gasteiger partial charge in [0.25, 0.3) is 0 Å². The maximum Gasteiger partial charge on any atom is 0.159 e. The van der Waals surface area contributed by atoms with Crippen molar-refractivity contribution in [3.63, 3.8) is 0 Å². The Balaban J connectivity index is 1.11. The summed E-state index contributed by atoms with van der Waals surface area (Å²) in [5.74, 6) is 1.56. The second-order valence-corrected chi connectivity index (χ2v) is 14.9. The van der Waals surface area contributed by atoms with Gasteiger partial charge in [-0.05, 0) is 96.9 Å². The van der Waals surface area contributed by atoms with Crippen LogP contribution in [0.15, 0.2) is 168 Å². The quantitative estimate of drug-likeness (QED) is 0.193. The molecule has 53 heavy (non-hydrogen) atoms. The predicted molar refractivity (Wildman–Crippen MR) is 222 cm³/mol. The average Bonchev–Trinajstić information content (AvgIpc) is 3.47. The summed E-state index contributed by atoms with van der Waals surface area (Å²) >= 11 is 0. The monoisotopic (exact) mass is 681 g/mol. The smallest absolute Gasteiger partial charge is 0.159 e. The fourth-order valence-electron chi connectivity index (χ4n) is 8.64. The molecule has 0 fully saturated rings. The molecular weight excluding hydrogens is 643 g/mol. The first-order valence-electron chi connectivity index (χ1n) is 18.7. The Morgan fingerprint density at radius 3 is 2.15 bits per heavy atom. The van der Waals surface area contributed by atoms with Crippen LogP contribution in [0.2, 0.25) is 0 Å². The molecule has 254 valence electrons. The molecule has 0 radical (unpaired) electrons. The molecule has 0 saturated heterocycles. The van der Waals surface area contributed by atoms with Crippen LogP contribution in [0.3, 0.4) is 0 Å². The number of hydrogen-bond acceptors (Lipinski definition) is 3. The van der Waals surface area contributed by atoms with Gasteiger partial charge in [0.2, 0.25) is 0 Å². The number of benzene rings is 7. The maximum atomic E-state index is 5.25. The molecule has 10 rings (SSSR count). The molecular formula is C50H39N3. The van der Waals surface area contributed by atoms with Crippen LogP contribution in [-0.2, 0) is 11.8 Å². The number of rotatable bonds is 5. The zero-order valence-electron chi connectivity index (χ0n) is 30.0. The molecule has 3 heteroatoms. The van der Waals surface area contributed by atoms with E-state index in [1.165, 1.54) is 66.4 Å². The molecule has 1 heterocycles. The Morgan fingerprint density at radius 1 is 0.623 bits per heavy atom. The number of aliphatic imine (C=N–C) groups is 2. The fourth-order valence-corrected chi connectivity index (χ4v) is 8.64. The zero-order valence-corrected chi connectivity index (χ0v) is 30.0. The third-order valence-corrected chi connectivity index (χ3v) is 11.3. The van der Waals surface area contributed by atoms with E-state index in [4.69, 9.17) is 9.98 Å². The molecule has 3 nitrogen and oxygen atoms in total. The van der Waals surface area contributed by atoms with E-state index in [1.807, 2.05) is 6.07 Å². The van der Waals surface area contributed by atoms with Gasteiger partial charge < -0.3 is 5.32 Å². The minimum Gasteiger partial charge on any atom is -0.344 e. The lowest BCUT2D eigenvalue weighted by atomic mass is 9.78. The number of amidine groups is 2. The Kier molecular flexibility index (Phi) is 7.36. The van der Waals surface area contributed by atoms with E-state index in [9.17, 15) is 0 Å². The number of nitrogens with zero attached hydrogens (tertiary/aromatic N) is 2. The lowest BCUT2D eigenvalue weighted by Crippen LogP contribution is -2.33. The summed E-state index contributed by atoms with van der Waals surface area (Å²) in [5, 5.41) is 6.25. The van der Waals surface area contributed by atoms with Gasteiger partial charge in [-0.25, -0.2) is 9.98 Å². The first-order valence-corrected chi connectivity index (χ1v) is 18.7. The predicted octanol–water partition coefficient (Wildman–Crippen LogP) is 11.9. The van der Waals surface area contributed by atoms with Crippen LogP contribution in [-0.4, -0.2) is 11.7 Å². The topological polar surface area (TPSA) is 36.8 Å². The summed E-state index contributed by atoms with van der Waals surface area (Å²) in [5.41, 5.74) is 16.0. The Labute approximate surface area is 311 Å². The normalized spacial score (nSPS) is 16.6. The van der Waals surface area contributed by atoms with Gasteiger partial charge in [-0.2, -0.15) is 0 Å². The Hall–Kier alpha value is -6.32. The van der Waals surface area contributed by atoms with E-state index >= 15 is 0 Å². The number of nitrogens with one attached hydrogen (secondary N) is 1. The summed E-state index contributed by atoms with van der Waals surface area (Å²) < 4.78 is 0. The van der Waals surface area contributed by atoms with Gasteiger partial charge in [0.05, 0.1) is 0 Å². The molecule has 0 bridgehead atoms. The molecule has 1 unspecified atom stereocenters. The van der Waals surface area contributed by atoms with Crippen molar-refractivity contribution in [1.29, 1.82) is 0 Å². The molecule has 1 N–H and O–H groups in total. The van der Waals surface area contributed by atoms with Gasteiger partial charge in [0.15, 0.2) is 5.84 Å². The molecule has 0 saturated carbocycles. The SMILES string of the molecule is CC1(C)c2cc(C3=NC(c4ccccc4)NC(c4ccc(-c5ccccc5)cc4)=N3)ccc2-c2c(-c3ccc4c(c3)CCC=C4)cc3ccccc3c21. The van der Waals surface area contributed by atoms with Gasteiger partial charge in [-0.3, -0.25) is 0 Å². The van der Waals surface area contributed by atoms with Crippen LogP contribution in [0, 0.1) is 0 Å². The molecule has 1 atom stereocenters.